The predicted octanol–water partition coefficient (Wildman–Crippen LogP) is 3.04. The summed E-state index contributed by atoms with van der Waals surface area (Å²) in [5.41, 5.74) is 0.538. The zero-order chi connectivity index (χ0) is 13.0. The van der Waals surface area contributed by atoms with E-state index in [1.54, 1.807) is 13.8 Å². The van der Waals surface area contributed by atoms with Crippen molar-refractivity contribution in [1.82, 2.24) is 4.98 Å². The average molecular weight is 355 g/mol. The number of hydrogen-bond donors (Lipinski definition) is 0. The molecule has 1 rings (SSSR count). The molecule has 0 aliphatic heterocycles. The lowest BCUT2D eigenvalue weighted by Crippen LogP contribution is -2.11. The third-order valence-corrected chi connectivity index (χ3v) is 3.34. The molecule has 0 atom stereocenters. The molecule has 0 fully saturated rings. The Bertz CT molecular complexity index is 424. The molecule has 1 aromatic heterocycles. The van der Waals surface area contributed by atoms with Crippen LogP contribution in [0.4, 0.5) is 8.78 Å². The first-order chi connectivity index (χ1) is 7.97. The van der Waals surface area contributed by atoms with Gasteiger partial charge in [0.1, 0.15) is 3.70 Å². The second-order valence-electron chi connectivity index (χ2n) is 3.40. The van der Waals surface area contributed by atoms with E-state index in [2.05, 4.69) is 4.98 Å². The zero-order valence-electron chi connectivity index (χ0n) is 9.47. The van der Waals surface area contributed by atoms with Crippen molar-refractivity contribution in [2.45, 2.75) is 26.7 Å². The minimum atomic E-state index is -2.61. The molecule has 3 nitrogen and oxygen atoms in total. The summed E-state index contributed by atoms with van der Waals surface area (Å²) in [7, 11) is 0. The van der Waals surface area contributed by atoms with Gasteiger partial charge in [0.15, 0.2) is 0 Å². The fraction of sp³-hybridized carbons (Fsp3) is 0.455. The number of nitrogens with zero attached hydrogens (tertiary/aromatic N) is 1. The summed E-state index contributed by atoms with van der Waals surface area (Å²) in [4.78, 5) is 15.3. The Morgan fingerprint density at radius 3 is 2.76 bits per heavy atom. The Kier molecular flexibility index (Phi) is 5.23. The summed E-state index contributed by atoms with van der Waals surface area (Å²) in [5, 5.41) is 0. The van der Waals surface area contributed by atoms with Gasteiger partial charge in [-0.2, -0.15) is 0 Å². The molecule has 0 spiro atoms. The smallest absolute Gasteiger partial charge is 0.310 e. The first kappa shape index (κ1) is 14.3. The van der Waals surface area contributed by atoms with Crippen molar-refractivity contribution in [2.75, 3.05) is 6.61 Å². The largest absolute Gasteiger partial charge is 0.466 e. The van der Waals surface area contributed by atoms with Crippen LogP contribution in [0.25, 0.3) is 0 Å². The van der Waals surface area contributed by atoms with Gasteiger partial charge in [-0.25, -0.2) is 13.8 Å². The molecular formula is C11H12F2INO2. The molecule has 0 saturated heterocycles. The fourth-order valence-corrected chi connectivity index (χ4v) is 1.89. The third-order valence-electron chi connectivity index (χ3n) is 2.25. The van der Waals surface area contributed by atoms with E-state index >= 15 is 0 Å². The van der Waals surface area contributed by atoms with Crippen LogP contribution in [0.5, 0.6) is 0 Å². The van der Waals surface area contributed by atoms with Gasteiger partial charge in [-0.05, 0) is 47.6 Å². The molecule has 0 radical (unpaired) electrons. The number of halogens is 3. The van der Waals surface area contributed by atoms with Gasteiger partial charge in [-0.1, -0.05) is 0 Å². The van der Waals surface area contributed by atoms with Crippen molar-refractivity contribution in [1.29, 1.82) is 0 Å². The summed E-state index contributed by atoms with van der Waals surface area (Å²) >= 11 is 1.89. The Hall–Kier alpha value is -0.790. The first-order valence-corrected chi connectivity index (χ1v) is 6.12. The summed E-state index contributed by atoms with van der Waals surface area (Å²) in [6, 6.07) is 0. The molecule has 0 saturated carbocycles. The fourth-order valence-electron chi connectivity index (χ4n) is 1.47. The van der Waals surface area contributed by atoms with Crippen LogP contribution in [0.3, 0.4) is 0 Å². The van der Waals surface area contributed by atoms with Crippen molar-refractivity contribution < 1.29 is 18.3 Å². The number of carbonyl (C=O) groups excluding carboxylic acids is 1. The van der Waals surface area contributed by atoms with Gasteiger partial charge in [0, 0.05) is 11.8 Å². The number of rotatable bonds is 4. The molecule has 17 heavy (non-hydrogen) atoms. The van der Waals surface area contributed by atoms with Crippen LogP contribution in [0, 0.1) is 10.6 Å². The molecule has 0 unspecified atom stereocenters. The molecule has 6 heteroatoms. The third kappa shape index (κ3) is 3.58. The lowest BCUT2D eigenvalue weighted by Gasteiger charge is -2.12. The lowest BCUT2D eigenvalue weighted by atomic mass is 10.0. The van der Waals surface area contributed by atoms with Crippen molar-refractivity contribution in [2.24, 2.45) is 0 Å². The van der Waals surface area contributed by atoms with Crippen LogP contribution in [0.15, 0.2) is 6.20 Å². The van der Waals surface area contributed by atoms with E-state index in [0.717, 1.165) is 0 Å². The highest BCUT2D eigenvalue weighted by molar-refractivity contribution is 14.1. The second-order valence-corrected chi connectivity index (χ2v) is 4.42. The Balaban J connectivity index is 3.07. The standard InChI is InChI=1S/C11H12F2INO2/c1-3-17-8(16)4-7-5-15-11(14)6(2)9(7)10(12)13/h5,10H,3-4H2,1-2H3. The number of hydrogen-bond acceptors (Lipinski definition) is 3. The number of ether oxygens (including phenoxy) is 1. The molecule has 0 aliphatic carbocycles. The maximum atomic E-state index is 12.9. The van der Waals surface area contributed by atoms with E-state index in [9.17, 15) is 13.6 Å². The van der Waals surface area contributed by atoms with Crippen molar-refractivity contribution in [3.8, 4) is 0 Å². The van der Waals surface area contributed by atoms with E-state index in [0.29, 0.717) is 9.26 Å². The molecule has 1 heterocycles. The van der Waals surface area contributed by atoms with Crippen molar-refractivity contribution in [3.63, 3.8) is 0 Å². The summed E-state index contributed by atoms with van der Waals surface area (Å²) in [6.07, 6.45) is -1.47. The SMILES string of the molecule is CCOC(=O)Cc1cnc(I)c(C)c1C(F)F. The topological polar surface area (TPSA) is 39.2 Å². The van der Waals surface area contributed by atoms with Gasteiger partial charge in [-0.3, -0.25) is 4.79 Å². The predicted molar refractivity (Wildman–Crippen MR) is 67.0 cm³/mol. The van der Waals surface area contributed by atoms with E-state index < -0.39 is 12.4 Å². The van der Waals surface area contributed by atoms with Crippen LogP contribution in [-0.4, -0.2) is 17.6 Å². The van der Waals surface area contributed by atoms with Crippen LogP contribution in [0.1, 0.15) is 30.0 Å². The van der Waals surface area contributed by atoms with E-state index in [-0.39, 0.29) is 24.2 Å². The van der Waals surface area contributed by atoms with Crippen LogP contribution in [-0.2, 0) is 16.0 Å². The van der Waals surface area contributed by atoms with Gasteiger partial charge in [0.25, 0.3) is 6.43 Å². The molecule has 0 amide bonds. The quantitative estimate of drug-likeness (QED) is 0.474. The second kappa shape index (κ2) is 6.23. The number of carbonyl (C=O) groups is 1. The van der Waals surface area contributed by atoms with Crippen LogP contribution < -0.4 is 0 Å². The Morgan fingerprint density at radius 2 is 2.24 bits per heavy atom. The van der Waals surface area contributed by atoms with E-state index in [4.69, 9.17) is 4.74 Å². The zero-order valence-corrected chi connectivity index (χ0v) is 11.6. The first-order valence-electron chi connectivity index (χ1n) is 5.05. The summed E-state index contributed by atoms with van der Waals surface area (Å²) < 4.78 is 31.1. The van der Waals surface area contributed by atoms with Crippen LogP contribution >= 0.6 is 22.6 Å². The molecule has 94 valence electrons. The summed E-state index contributed by atoms with van der Waals surface area (Å²) in [6.45, 7) is 3.48. The molecule has 0 bridgehead atoms. The van der Waals surface area contributed by atoms with Crippen molar-refractivity contribution in [3.05, 3.63) is 26.6 Å². The van der Waals surface area contributed by atoms with E-state index in [1.807, 2.05) is 22.6 Å². The average Bonchev–Trinajstić information content (AvgIpc) is 2.23. The maximum absolute atomic E-state index is 12.9. The Morgan fingerprint density at radius 1 is 1.59 bits per heavy atom. The van der Waals surface area contributed by atoms with Crippen molar-refractivity contribution >= 4 is 28.6 Å². The van der Waals surface area contributed by atoms with Crippen LogP contribution in [0.2, 0.25) is 0 Å². The van der Waals surface area contributed by atoms with Gasteiger partial charge in [0.05, 0.1) is 13.0 Å². The highest BCUT2D eigenvalue weighted by atomic mass is 127. The molecular weight excluding hydrogens is 343 g/mol. The van der Waals surface area contributed by atoms with Gasteiger partial charge < -0.3 is 4.74 Å². The van der Waals surface area contributed by atoms with Gasteiger partial charge in [-0.15, -0.1) is 0 Å². The number of pyridine rings is 1. The number of esters is 1. The molecule has 1 aromatic rings. The summed E-state index contributed by atoms with van der Waals surface area (Å²) in [5.74, 6) is -0.517. The van der Waals surface area contributed by atoms with Gasteiger partial charge >= 0.3 is 5.97 Å². The molecule has 0 aliphatic rings. The lowest BCUT2D eigenvalue weighted by molar-refractivity contribution is -0.142. The minimum Gasteiger partial charge on any atom is -0.466 e. The highest BCUT2D eigenvalue weighted by Gasteiger charge is 2.20. The molecule has 0 N–H and O–H groups in total. The van der Waals surface area contributed by atoms with E-state index in [1.165, 1.54) is 6.20 Å². The highest BCUT2D eigenvalue weighted by Crippen LogP contribution is 2.28. The molecule has 0 aromatic carbocycles. The minimum absolute atomic E-state index is 0.113. The Labute approximate surface area is 112 Å². The number of aromatic nitrogens is 1. The normalized spacial score (nSPS) is 10.7. The van der Waals surface area contributed by atoms with Gasteiger partial charge in [0.2, 0.25) is 0 Å². The number of alkyl halides is 2. The monoisotopic (exact) mass is 355 g/mol. The maximum Gasteiger partial charge on any atom is 0.310 e.